The molecule has 2 heterocycles. The van der Waals surface area contributed by atoms with Gasteiger partial charge >= 0.3 is 0 Å². The van der Waals surface area contributed by atoms with Crippen molar-refractivity contribution >= 4 is 21.8 Å². The molecule has 0 bridgehead atoms. The number of hydrogen-bond acceptors (Lipinski definition) is 5. The van der Waals surface area contributed by atoms with Crippen molar-refractivity contribution in [1.29, 1.82) is 15.8 Å². The Bertz CT molecular complexity index is 1960. The number of rotatable bonds is 3. The van der Waals surface area contributed by atoms with Crippen LogP contribution in [0.4, 0.5) is 0 Å². The van der Waals surface area contributed by atoms with Gasteiger partial charge in [-0.15, -0.1) is 0 Å². The van der Waals surface area contributed by atoms with E-state index >= 15 is 0 Å². The molecular formula is C31H16N6. The van der Waals surface area contributed by atoms with E-state index in [-0.39, 0.29) is 5.82 Å². The average Bonchev–Trinajstić information content (AvgIpc) is 3.30. The first-order valence-electron chi connectivity index (χ1n) is 11.5. The van der Waals surface area contributed by atoms with Crippen molar-refractivity contribution in [2.24, 2.45) is 0 Å². The highest BCUT2D eigenvalue weighted by Crippen LogP contribution is 2.36. The summed E-state index contributed by atoms with van der Waals surface area (Å²) < 4.78 is 2.11. The Morgan fingerprint density at radius 3 is 2.08 bits per heavy atom. The number of fused-ring (bicyclic) bond motifs is 3. The summed E-state index contributed by atoms with van der Waals surface area (Å²) in [6, 6.07) is 34.1. The summed E-state index contributed by atoms with van der Waals surface area (Å²) >= 11 is 0. The number of nitrogens with zero attached hydrogens (tertiary/aromatic N) is 6. The molecule has 0 unspecified atom stereocenters. The van der Waals surface area contributed by atoms with Gasteiger partial charge in [0.25, 0.3) is 0 Å². The second kappa shape index (κ2) is 8.78. The molecule has 0 fully saturated rings. The number of hydrogen-bond donors (Lipinski definition) is 0. The van der Waals surface area contributed by atoms with Crippen LogP contribution in [0.5, 0.6) is 0 Å². The van der Waals surface area contributed by atoms with Gasteiger partial charge in [-0.1, -0.05) is 42.5 Å². The summed E-state index contributed by atoms with van der Waals surface area (Å²) in [7, 11) is 0. The van der Waals surface area contributed by atoms with E-state index in [1.807, 2.05) is 60.7 Å². The Kier molecular flexibility index (Phi) is 5.16. The molecule has 4 aromatic carbocycles. The highest BCUT2D eigenvalue weighted by atomic mass is 15.0. The van der Waals surface area contributed by atoms with E-state index in [9.17, 15) is 10.5 Å². The molecule has 0 atom stereocenters. The minimum Gasteiger partial charge on any atom is -0.308 e. The lowest BCUT2D eigenvalue weighted by Gasteiger charge is -2.12. The molecule has 0 amide bonds. The lowest BCUT2D eigenvalue weighted by molar-refractivity contribution is 1.11. The molecule has 0 N–H and O–H groups in total. The molecule has 0 aliphatic carbocycles. The van der Waals surface area contributed by atoms with E-state index in [0.717, 1.165) is 49.7 Å². The highest BCUT2D eigenvalue weighted by Gasteiger charge is 2.16. The van der Waals surface area contributed by atoms with E-state index < -0.39 is 0 Å². The molecule has 0 aliphatic rings. The third-order valence-electron chi connectivity index (χ3n) is 6.44. The molecule has 0 saturated heterocycles. The van der Waals surface area contributed by atoms with Gasteiger partial charge in [0, 0.05) is 28.7 Å². The SMILES string of the molecule is N#Cc1cccc(-c2ccc3c(c2)c2ccccc2n3-c2ccc(-c3cnc(C#N)nc3)cc2C#N)c1. The van der Waals surface area contributed by atoms with Gasteiger partial charge in [0.15, 0.2) is 0 Å². The van der Waals surface area contributed by atoms with Crippen LogP contribution in [-0.4, -0.2) is 14.5 Å². The second-order valence-corrected chi connectivity index (χ2v) is 8.53. The molecule has 6 aromatic rings. The van der Waals surface area contributed by atoms with Crippen molar-refractivity contribution in [2.45, 2.75) is 0 Å². The van der Waals surface area contributed by atoms with Crippen molar-refractivity contribution in [2.75, 3.05) is 0 Å². The first-order valence-corrected chi connectivity index (χ1v) is 11.5. The monoisotopic (exact) mass is 472 g/mol. The fourth-order valence-corrected chi connectivity index (χ4v) is 4.72. The second-order valence-electron chi connectivity index (χ2n) is 8.53. The van der Waals surface area contributed by atoms with Crippen molar-refractivity contribution < 1.29 is 0 Å². The van der Waals surface area contributed by atoms with Crippen LogP contribution in [0.15, 0.2) is 97.3 Å². The Morgan fingerprint density at radius 2 is 1.30 bits per heavy atom. The van der Waals surface area contributed by atoms with E-state index in [1.165, 1.54) is 0 Å². The molecule has 2 aromatic heterocycles. The lowest BCUT2D eigenvalue weighted by atomic mass is 10.0. The third-order valence-corrected chi connectivity index (χ3v) is 6.44. The summed E-state index contributed by atoms with van der Waals surface area (Å²) in [6.45, 7) is 0. The van der Waals surface area contributed by atoms with Crippen LogP contribution in [0.1, 0.15) is 17.0 Å². The van der Waals surface area contributed by atoms with Crippen LogP contribution in [0.3, 0.4) is 0 Å². The smallest absolute Gasteiger partial charge is 0.232 e. The number of benzene rings is 4. The molecular weight excluding hydrogens is 456 g/mol. The molecule has 37 heavy (non-hydrogen) atoms. The van der Waals surface area contributed by atoms with Crippen LogP contribution in [-0.2, 0) is 0 Å². The van der Waals surface area contributed by atoms with Crippen molar-refractivity contribution in [3.05, 3.63) is 114 Å². The normalized spacial score (nSPS) is 10.6. The van der Waals surface area contributed by atoms with Crippen LogP contribution >= 0.6 is 0 Å². The summed E-state index contributed by atoms with van der Waals surface area (Å²) in [4.78, 5) is 8.10. The highest BCUT2D eigenvalue weighted by molar-refractivity contribution is 6.10. The first kappa shape index (κ1) is 21.7. The number of aromatic nitrogens is 3. The Labute approximate surface area is 212 Å². The lowest BCUT2D eigenvalue weighted by Crippen LogP contribution is -1.98. The van der Waals surface area contributed by atoms with Crippen LogP contribution in [0.2, 0.25) is 0 Å². The van der Waals surface area contributed by atoms with E-state index in [4.69, 9.17) is 5.26 Å². The molecule has 6 rings (SSSR count). The van der Waals surface area contributed by atoms with E-state index in [2.05, 4.69) is 50.9 Å². The molecule has 0 radical (unpaired) electrons. The molecule has 0 spiro atoms. The molecule has 6 heteroatoms. The average molecular weight is 473 g/mol. The predicted molar refractivity (Wildman–Crippen MR) is 141 cm³/mol. The van der Waals surface area contributed by atoms with Gasteiger partial charge in [0.05, 0.1) is 33.9 Å². The molecule has 6 nitrogen and oxygen atoms in total. The van der Waals surface area contributed by atoms with Gasteiger partial charge in [0.2, 0.25) is 5.82 Å². The maximum atomic E-state index is 10.1. The fraction of sp³-hybridized carbons (Fsp3) is 0. The standard InChI is InChI=1S/C31H16N6/c32-15-20-4-3-5-21(12-20)23-9-11-30-27(14-23)26-6-1-2-7-29(26)37(30)28-10-8-22(13-24(28)16-33)25-18-35-31(17-34)36-19-25/h1-14,18-19H. The minimum absolute atomic E-state index is 0.102. The first-order chi connectivity index (χ1) is 18.2. The molecule has 0 aliphatic heterocycles. The fourth-order valence-electron chi connectivity index (χ4n) is 4.72. The zero-order valence-corrected chi connectivity index (χ0v) is 19.4. The Morgan fingerprint density at radius 1 is 0.568 bits per heavy atom. The topological polar surface area (TPSA) is 102 Å². The number of para-hydroxylation sites is 1. The molecule has 0 saturated carbocycles. The van der Waals surface area contributed by atoms with Gasteiger partial charge in [-0.3, -0.25) is 0 Å². The van der Waals surface area contributed by atoms with Gasteiger partial charge in [-0.25, -0.2) is 9.97 Å². The Balaban J connectivity index is 1.55. The van der Waals surface area contributed by atoms with Gasteiger partial charge in [-0.05, 0) is 59.2 Å². The summed E-state index contributed by atoms with van der Waals surface area (Å²) in [5.74, 6) is 0.102. The summed E-state index contributed by atoms with van der Waals surface area (Å²) in [5, 5.41) is 30.5. The maximum Gasteiger partial charge on any atom is 0.232 e. The summed E-state index contributed by atoms with van der Waals surface area (Å²) in [6.07, 6.45) is 3.18. The maximum absolute atomic E-state index is 10.1. The van der Waals surface area contributed by atoms with Crippen LogP contribution in [0, 0.1) is 34.0 Å². The zero-order chi connectivity index (χ0) is 25.4. The van der Waals surface area contributed by atoms with Crippen molar-refractivity contribution in [1.82, 2.24) is 14.5 Å². The molecule has 170 valence electrons. The minimum atomic E-state index is 0.102. The van der Waals surface area contributed by atoms with Crippen molar-refractivity contribution in [3.8, 4) is 46.1 Å². The largest absolute Gasteiger partial charge is 0.308 e. The van der Waals surface area contributed by atoms with Gasteiger partial charge < -0.3 is 4.57 Å². The van der Waals surface area contributed by atoms with E-state index in [1.54, 1.807) is 18.5 Å². The van der Waals surface area contributed by atoms with E-state index in [0.29, 0.717) is 11.1 Å². The van der Waals surface area contributed by atoms with Crippen LogP contribution < -0.4 is 0 Å². The Hall–Kier alpha value is -5.77. The van der Waals surface area contributed by atoms with Crippen LogP contribution in [0.25, 0.3) is 49.7 Å². The van der Waals surface area contributed by atoms with Crippen molar-refractivity contribution in [3.63, 3.8) is 0 Å². The van der Waals surface area contributed by atoms with Gasteiger partial charge in [-0.2, -0.15) is 15.8 Å². The predicted octanol–water partition coefficient (Wildman–Crippen LogP) is 6.52. The summed E-state index contributed by atoms with van der Waals surface area (Å²) in [5.41, 5.74) is 7.39. The zero-order valence-electron chi connectivity index (χ0n) is 19.4. The quantitative estimate of drug-likeness (QED) is 0.292. The number of nitriles is 3. The van der Waals surface area contributed by atoms with Gasteiger partial charge in [0.1, 0.15) is 12.1 Å². The third kappa shape index (κ3) is 3.65.